The molecule has 0 aromatic heterocycles. The lowest BCUT2D eigenvalue weighted by atomic mass is 9.81. The third-order valence-electron chi connectivity index (χ3n) is 5.41. The van der Waals surface area contributed by atoms with Crippen LogP contribution in [0.4, 0.5) is 5.69 Å². The number of halogens is 1. The first-order valence-corrected chi connectivity index (χ1v) is 11.1. The number of hydrogen-bond donors (Lipinski definition) is 2. The number of benzene rings is 1. The molecule has 3 rings (SSSR count). The van der Waals surface area contributed by atoms with Crippen molar-refractivity contribution in [1.82, 2.24) is 10.0 Å². The second kappa shape index (κ2) is 8.24. The first-order valence-electron chi connectivity index (χ1n) is 9.23. The van der Waals surface area contributed by atoms with Gasteiger partial charge in [-0.05, 0) is 38.3 Å². The van der Waals surface area contributed by atoms with Crippen LogP contribution in [0.5, 0.6) is 0 Å². The Balaban J connectivity index is 0.00000261. The Kier molecular flexibility index (Phi) is 6.85. The number of fused-ring (bicyclic) bond motifs is 2. The highest BCUT2D eigenvalue weighted by atomic mass is 127. The molecule has 152 valence electrons. The first kappa shape index (κ1) is 22.4. The van der Waals surface area contributed by atoms with Crippen molar-refractivity contribution in [2.45, 2.75) is 50.5 Å². The van der Waals surface area contributed by atoms with Crippen molar-refractivity contribution >= 4 is 45.6 Å². The van der Waals surface area contributed by atoms with E-state index >= 15 is 0 Å². The molecule has 2 N–H and O–H groups in total. The van der Waals surface area contributed by atoms with Gasteiger partial charge in [0.1, 0.15) is 0 Å². The highest BCUT2D eigenvalue weighted by Gasteiger charge is 2.45. The Hall–Kier alpha value is -0.870. The molecule has 0 saturated heterocycles. The summed E-state index contributed by atoms with van der Waals surface area (Å²) in [5.41, 5.74) is 2.27. The predicted molar refractivity (Wildman–Crippen MR) is 123 cm³/mol. The minimum absolute atomic E-state index is 0. The van der Waals surface area contributed by atoms with Crippen molar-refractivity contribution in [3.05, 3.63) is 29.8 Å². The van der Waals surface area contributed by atoms with Crippen LogP contribution in [-0.2, 0) is 15.4 Å². The van der Waals surface area contributed by atoms with Crippen LogP contribution in [0.3, 0.4) is 0 Å². The van der Waals surface area contributed by atoms with E-state index in [-0.39, 0.29) is 29.4 Å². The zero-order chi connectivity index (χ0) is 19.0. The van der Waals surface area contributed by atoms with Crippen molar-refractivity contribution in [2.24, 2.45) is 4.99 Å². The Morgan fingerprint density at radius 3 is 2.48 bits per heavy atom. The molecule has 0 radical (unpaired) electrons. The van der Waals surface area contributed by atoms with E-state index in [1.165, 1.54) is 43.2 Å². The maximum absolute atomic E-state index is 11.6. The van der Waals surface area contributed by atoms with Crippen LogP contribution >= 0.6 is 24.0 Å². The van der Waals surface area contributed by atoms with E-state index in [1.807, 2.05) is 13.8 Å². The standard InChI is InChI=1S/C19H30N4O2S.HI/c1-18(2,22-26(4,24)25)13-21-17(20-3)23-14-19(11-7-8-12-19)15-9-5-6-10-16(15)23;/h5-6,9-10,22H,7-8,11-14H2,1-4H3,(H,20,21);1H. The van der Waals surface area contributed by atoms with Gasteiger partial charge in [-0.15, -0.1) is 24.0 Å². The first-order chi connectivity index (χ1) is 12.2. The van der Waals surface area contributed by atoms with Gasteiger partial charge in [-0.1, -0.05) is 31.0 Å². The molecule has 0 atom stereocenters. The molecule has 1 spiro atoms. The van der Waals surface area contributed by atoms with E-state index in [0.717, 1.165) is 12.5 Å². The molecule has 8 heteroatoms. The fourth-order valence-electron chi connectivity index (χ4n) is 4.43. The van der Waals surface area contributed by atoms with Gasteiger partial charge in [-0.2, -0.15) is 0 Å². The van der Waals surface area contributed by atoms with Crippen LogP contribution in [0.15, 0.2) is 29.3 Å². The van der Waals surface area contributed by atoms with E-state index < -0.39 is 15.6 Å². The van der Waals surface area contributed by atoms with Crippen LogP contribution < -0.4 is 14.9 Å². The molecule has 1 fully saturated rings. The van der Waals surface area contributed by atoms with Gasteiger partial charge in [0.2, 0.25) is 10.0 Å². The van der Waals surface area contributed by atoms with Gasteiger partial charge in [0.05, 0.1) is 6.26 Å². The van der Waals surface area contributed by atoms with Crippen molar-refractivity contribution in [3.63, 3.8) is 0 Å². The van der Waals surface area contributed by atoms with Gasteiger partial charge in [-0.25, -0.2) is 13.1 Å². The largest absolute Gasteiger partial charge is 0.354 e. The number of aliphatic imine (C=N–C) groups is 1. The van der Waals surface area contributed by atoms with E-state index in [1.54, 1.807) is 7.05 Å². The third-order valence-corrected chi connectivity index (χ3v) is 6.33. The summed E-state index contributed by atoms with van der Waals surface area (Å²) in [4.78, 5) is 6.74. The minimum atomic E-state index is -3.27. The number of anilines is 1. The van der Waals surface area contributed by atoms with Crippen LogP contribution in [-0.4, -0.2) is 46.3 Å². The highest BCUT2D eigenvalue weighted by Crippen LogP contribution is 2.50. The van der Waals surface area contributed by atoms with Crippen molar-refractivity contribution in [2.75, 3.05) is 31.3 Å². The molecule has 1 saturated carbocycles. The molecule has 1 aliphatic heterocycles. The smallest absolute Gasteiger partial charge is 0.209 e. The maximum atomic E-state index is 11.6. The lowest BCUT2D eigenvalue weighted by molar-refractivity contribution is 0.445. The molecule has 1 heterocycles. The third kappa shape index (κ3) is 4.95. The SMILES string of the molecule is CN=C(NCC(C)(C)NS(C)(=O)=O)N1CC2(CCCC2)c2ccccc21.I. The summed E-state index contributed by atoms with van der Waals surface area (Å²) < 4.78 is 25.8. The molecule has 6 nitrogen and oxygen atoms in total. The molecule has 1 aliphatic carbocycles. The summed E-state index contributed by atoms with van der Waals surface area (Å²) in [6.07, 6.45) is 6.18. The van der Waals surface area contributed by atoms with Gasteiger partial charge in [0.15, 0.2) is 5.96 Å². The van der Waals surface area contributed by atoms with Crippen LogP contribution in [0.2, 0.25) is 0 Å². The molecule has 1 aromatic carbocycles. The number of nitrogens with zero attached hydrogens (tertiary/aromatic N) is 2. The summed E-state index contributed by atoms with van der Waals surface area (Å²) in [5.74, 6) is 0.796. The molecule has 0 amide bonds. The minimum Gasteiger partial charge on any atom is -0.354 e. The summed E-state index contributed by atoms with van der Waals surface area (Å²) >= 11 is 0. The predicted octanol–water partition coefficient (Wildman–Crippen LogP) is 2.84. The van der Waals surface area contributed by atoms with Crippen LogP contribution in [0.25, 0.3) is 0 Å². The second-order valence-electron chi connectivity index (χ2n) is 8.25. The van der Waals surface area contributed by atoms with E-state index in [0.29, 0.717) is 6.54 Å². The summed E-state index contributed by atoms with van der Waals surface area (Å²) in [6, 6.07) is 8.61. The number of hydrogen-bond acceptors (Lipinski definition) is 3. The Morgan fingerprint density at radius 2 is 1.89 bits per heavy atom. The Labute approximate surface area is 180 Å². The Morgan fingerprint density at radius 1 is 1.26 bits per heavy atom. The lowest BCUT2D eigenvalue weighted by Crippen LogP contribution is -2.54. The maximum Gasteiger partial charge on any atom is 0.209 e. The van der Waals surface area contributed by atoms with Crippen LogP contribution in [0, 0.1) is 0 Å². The fraction of sp³-hybridized carbons (Fsp3) is 0.632. The van der Waals surface area contributed by atoms with E-state index in [4.69, 9.17) is 0 Å². The number of sulfonamides is 1. The lowest BCUT2D eigenvalue weighted by Gasteiger charge is -2.30. The molecule has 0 bridgehead atoms. The molecule has 0 unspecified atom stereocenters. The summed E-state index contributed by atoms with van der Waals surface area (Å²) in [5, 5.41) is 3.37. The average Bonchev–Trinajstić information content (AvgIpc) is 3.13. The van der Waals surface area contributed by atoms with Gasteiger partial charge in [-0.3, -0.25) is 4.99 Å². The molecular formula is C19H31IN4O2S. The Bertz CT molecular complexity index is 802. The fourth-order valence-corrected chi connectivity index (χ4v) is 5.51. The average molecular weight is 506 g/mol. The van der Waals surface area contributed by atoms with E-state index in [2.05, 4.69) is 44.2 Å². The quantitative estimate of drug-likeness (QED) is 0.374. The van der Waals surface area contributed by atoms with Gasteiger partial charge in [0, 0.05) is 36.8 Å². The summed E-state index contributed by atoms with van der Waals surface area (Å²) in [7, 11) is -1.49. The second-order valence-corrected chi connectivity index (χ2v) is 10.00. The zero-order valence-electron chi connectivity index (χ0n) is 16.6. The molecule has 1 aromatic rings. The van der Waals surface area contributed by atoms with Crippen molar-refractivity contribution in [1.29, 1.82) is 0 Å². The number of nitrogens with one attached hydrogen (secondary N) is 2. The van der Waals surface area contributed by atoms with Gasteiger partial charge in [0.25, 0.3) is 0 Å². The summed E-state index contributed by atoms with van der Waals surface area (Å²) in [6.45, 7) is 5.12. The van der Waals surface area contributed by atoms with Gasteiger partial charge >= 0.3 is 0 Å². The number of guanidine groups is 1. The van der Waals surface area contributed by atoms with Crippen molar-refractivity contribution < 1.29 is 8.42 Å². The normalized spacial score (nSPS) is 19.1. The number of rotatable bonds is 4. The topological polar surface area (TPSA) is 73.8 Å². The molecular weight excluding hydrogens is 475 g/mol. The van der Waals surface area contributed by atoms with Crippen molar-refractivity contribution in [3.8, 4) is 0 Å². The zero-order valence-corrected chi connectivity index (χ0v) is 19.7. The monoisotopic (exact) mass is 506 g/mol. The van der Waals surface area contributed by atoms with Gasteiger partial charge < -0.3 is 10.2 Å². The molecule has 2 aliphatic rings. The molecule has 27 heavy (non-hydrogen) atoms. The number of para-hydroxylation sites is 1. The van der Waals surface area contributed by atoms with Crippen LogP contribution in [0.1, 0.15) is 45.1 Å². The van der Waals surface area contributed by atoms with E-state index in [9.17, 15) is 8.42 Å². The highest BCUT2D eigenvalue weighted by molar-refractivity contribution is 14.0.